The van der Waals surface area contributed by atoms with Crippen LogP contribution in [0.2, 0.25) is 0 Å². The Kier molecular flexibility index (Phi) is 3.88. The van der Waals surface area contributed by atoms with Crippen LogP contribution in [0, 0.1) is 26.2 Å². The number of pyridine rings is 2. The van der Waals surface area contributed by atoms with Crippen molar-refractivity contribution >= 4 is 49.0 Å². The number of fused-ring (bicyclic) bond motifs is 5. The van der Waals surface area contributed by atoms with Gasteiger partial charge in [-0.2, -0.15) is 0 Å². The molecule has 4 heteroatoms. The SMILES string of the molecule is [C-]#[N+]C(C)(C)Cc1cc2cc[n+](C)c3c4c(C)c(C)cc5c6cccc(F)c6n(c(c1)c23)c54. The summed E-state index contributed by atoms with van der Waals surface area (Å²) in [6, 6.07) is 14.1. The van der Waals surface area contributed by atoms with Gasteiger partial charge in [0.15, 0.2) is 6.20 Å². The molecule has 0 N–H and O–H groups in total. The van der Waals surface area contributed by atoms with E-state index in [0.29, 0.717) is 11.9 Å². The Hall–Kier alpha value is -3.71. The Bertz CT molecular complexity index is 1820. The Morgan fingerprint density at radius 1 is 1.03 bits per heavy atom. The molecule has 0 aliphatic heterocycles. The van der Waals surface area contributed by atoms with E-state index < -0.39 is 5.54 Å². The molecule has 0 radical (unpaired) electrons. The van der Waals surface area contributed by atoms with Crippen molar-refractivity contribution in [3.05, 3.63) is 82.6 Å². The molecular weight excluding hydrogens is 409 g/mol. The zero-order chi connectivity index (χ0) is 23.2. The quantitative estimate of drug-likeness (QED) is 0.123. The third-order valence-corrected chi connectivity index (χ3v) is 7.24. The first-order valence-corrected chi connectivity index (χ1v) is 11.3. The predicted octanol–water partition coefficient (Wildman–Crippen LogP) is 6.81. The van der Waals surface area contributed by atoms with Gasteiger partial charge in [-0.3, -0.25) is 0 Å². The van der Waals surface area contributed by atoms with Gasteiger partial charge >= 0.3 is 0 Å². The smallest absolute Gasteiger partial charge is 0.231 e. The van der Waals surface area contributed by atoms with Crippen LogP contribution in [0.25, 0.3) is 53.8 Å². The van der Waals surface area contributed by atoms with Crippen LogP contribution in [-0.4, -0.2) is 9.94 Å². The summed E-state index contributed by atoms with van der Waals surface area (Å²) < 4.78 is 19.7. The lowest BCUT2D eigenvalue weighted by atomic mass is 9.92. The molecule has 3 aromatic heterocycles. The highest BCUT2D eigenvalue weighted by Crippen LogP contribution is 2.42. The average molecular weight is 435 g/mol. The van der Waals surface area contributed by atoms with Crippen LogP contribution in [0.15, 0.2) is 48.7 Å². The molecule has 162 valence electrons. The fourth-order valence-corrected chi connectivity index (χ4v) is 5.60. The van der Waals surface area contributed by atoms with E-state index in [1.165, 1.54) is 22.0 Å². The lowest BCUT2D eigenvalue weighted by Gasteiger charge is -2.16. The molecule has 3 aromatic carbocycles. The van der Waals surface area contributed by atoms with Gasteiger partial charge in [-0.15, -0.1) is 0 Å². The van der Waals surface area contributed by atoms with Crippen molar-refractivity contribution in [2.24, 2.45) is 7.05 Å². The van der Waals surface area contributed by atoms with Crippen molar-refractivity contribution < 1.29 is 8.96 Å². The van der Waals surface area contributed by atoms with Crippen molar-refractivity contribution in [1.29, 1.82) is 0 Å². The number of hydrogen-bond acceptors (Lipinski definition) is 0. The minimum Gasteiger partial charge on any atom is -0.311 e. The maximum atomic E-state index is 15.4. The number of benzene rings is 3. The van der Waals surface area contributed by atoms with Crippen molar-refractivity contribution in [3.8, 4) is 0 Å². The van der Waals surface area contributed by atoms with Crippen LogP contribution >= 0.6 is 0 Å². The fraction of sp³-hybridized carbons (Fsp3) is 0.241. The molecule has 6 rings (SSSR count). The summed E-state index contributed by atoms with van der Waals surface area (Å²) in [4.78, 5) is 3.83. The minimum absolute atomic E-state index is 0.214. The number of halogens is 1. The van der Waals surface area contributed by atoms with E-state index in [9.17, 15) is 0 Å². The van der Waals surface area contributed by atoms with E-state index >= 15 is 4.39 Å². The zero-order valence-corrected chi connectivity index (χ0v) is 19.5. The van der Waals surface area contributed by atoms with E-state index in [1.807, 2.05) is 19.9 Å². The van der Waals surface area contributed by atoms with Crippen LogP contribution in [0.1, 0.15) is 30.5 Å². The number of para-hydroxylation sites is 1. The molecular formula is C29H25FN3+. The predicted molar refractivity (Wildman–Crippen MR) is 134 cm³/mol. The van der Waals surface area contributed by atoms with Gasteiger partial charge in [0.2, 0.25) is 11.1 Å². The first kappa shape index (κ1) is 19.9. The van der Waals surface area contributed by atoms with Gasteiger partial charge in [0.1, 0.15) is 12.9 Å². The molecule has 3 heterocycles. The summed E-state index contributed by atoms with van der Waals surface area (Å²) in [5, 5.41) is 5.44. The summed E-state index contributed by atoms with van der Waals surface area (Å²) in [6.45, 7) is 15.8. The van der Waals surface area contributed by atoms with Gasteiger partial charge in [-0.1, -0.05) is 18.2 Å². The second-order valence-corrected chi connectivity index (χ2v) is 10.0. The molecule has 33 heavy (non-hydrogen) atoms. The molecule has 0 unspecified atom stereocenters. The van der Waals surface area contributed by atoms with Gasteiger partial charge in [0, 0.05) is 30.7 Å². The molecule has 0 aliphatic rings. The van der Waals surface area contributed by atoms with Crippen LogP contribution in [-0.2, 0) is 13.5 Å². The fourth-order valence-electron chi connectivity index (χ4n) is 5.60. The van der Waals surface area contributed by atoms with Gasteiger partial charge in [-0.05, 0) is 54.1 Å². The van der Waals surface area contributed by atoms with Crippen molar-refractivity contribution in [2.45, 2.75) is 39.7 Å². The van der Waals surface area contributed by atoms with Crippen LogP contribution < -0.4 is 4.57 Å². The number of rotatable bonds is 2. The number of aromatic nitrogens is 2. The largest absolute Gasteiger partial charge is 0.311 e. The number of nitrogens with zero attached hydrogens (tertiary/aromatic N) is 3. The van der Waals surface area contributed by atoms with E-state index in [2.05, 4.69) is 65.2 Å². The van der Waals surface area contributed by atoms with Gasteiger partial charge in [0.05, 0.1) is 33.7 Å². The molecule has 0 fully saturated rings. The third kappa shape index (κ3) is 2.57. The average Bonchev–Trinajstić information content (AvgIpc) is 3.10. The minimum atomic E-state index is -0.498. The highest BCUT2D eigenvalue weighted by atomic mass is 19.1. The standard InChI is InChI=1S/C29H25FN3/c1-16-12-21-20-8-7-9-22(30)26(20)33-23-14-18(15-29(3,4)31-5)13-19-10-11-32(6)28(25(19)23)24(17(16)2)27(21)33/h7-14H,15H2,1-4,6H3/q+1. The third-order valence-electron chi connectivity index (χ3n) is 7.24. The molecule has 0 saturated carbocycles. The maximum absolute atomic E-state index is 15.4. The lowest BCUT2D eigenvalue weighted by molar-refractivity contribution is -0.643. The van der Waals surface area contributed by atoms with Crippen LogP contribution in [0.3, 0.4) is 0 Å². The summed E-state index contributed by atoms with van der Waals surface area (Å²) in [5.41, 5.74) is 6.87. The van der Waals surface area contributed by atoms with Crippen LogP contribution in [0.4, 0.5) is 4.39 Å². The molecule has 0 amide bonds. The Morgan fingerprint density at radius 3 is 2.58 bits per heavy atom. The monoisotopic (exact) mass is 434 g/mol. The van der Waals surface area contributed by atoms with Crippen molar-refractivity contribution in [2.75, 3.05) is 0 Å². The Balaban J connectivity index is 1.98. The summed E-state index contributed by atoms with van der Waals surface area (Å²) in [7, 11) is 2.08. The molecule has 0 aliphatic carbocycles. The molecule has 0 saturated heterocycles. The molecule has 0 spiro atoms. The van der Waals surface area contributed by atoms with E-state index in [-0.39, 0.29) is 5.82 Å². The highest BCUT2D eigenvalue weighted by molar-refractivity contribution is 6.26. The van der Waals surface area contributed by atoms with E-state index in [4.69, 9.17) is 6.57 Å². The Labute approximate surface area is 191 Å². The van der Waals surface area contributed by atoms with Crippen LogP contribution in [0.5, 0.6) is 0 Å². The molecule has 6 aromatic rings. The van der Waals surface area contributed by atoms with Crippen molar-refractivity contribution in [3.63, 3.8) is 0 Å². The summed E-state index contributed by atoms with van der Waals surface area (Å²) in [6.07, 6.45) is 2.75. The molecule has 0 atom stereocenters. The lowest BCUT2D eigenvalue weighted by Crippen LogP contribution is -2.29. The van der Waals surface area contributed by atoms with E-state index in [1.54, 1.807) is 12.1 Å². The summed E-state index contributed by atoms with van der Waals surface area (Å²) in [5.74, 6) is -0.214. The second kappa shape index (κ2) is 6.42. The van der Waals surface area contributed by atoms with E-state index in [0.717, 1.165) is 38.1 Å². The normalized spacial score (nSPS) is 12.6. The molecule has 0 bridgehead atoms. The highest BCUT2D eigenvalue weighted by Gasteiger charge is 2.28. The Morgan fingerprint density at radius 2 is 1.82 bits per heavy atom. The van der Waals surface area contributed by atoms with Gasteiger partial charge < -0.3 is 9.25 Å². The molecule has 3 nitrogen and oxygen atoms in total. The number of hydrogen-bond donors (Lipinski definition) is 0. The second-order valence-electron chi connectivity index (χ2n) is 10.0. The topological polar surface area (TPSA) is 12.7 Å². The van der Waals surface area contributed by atoms with Gasteiger partial charge in [-0.25, -0.2) is 15.5 Å². The summed E-state index contributed by atoms with van der Waals surface area (Å²) >= 11 is 0. The number of aryl methyl sites for hydroxylation is 3. The van der Waals surface area contributed by atoms with Gasteiger partial charge in [0.25, 0.3) is 0 Å². The van der Waals surface area contributed by atoms with Crippen molar-refractivity contribution in [1.82, 2.24) is 4.40 Å². The maximum Gasteiger partial charge on any atom is 0.231 e. The first-order chi connectivity index (χ1) is 15.7. The zero-order valence-electron chi connectivity index (χ0n) is 19.5. The first-order valence-electron chi connectivity index (χ1n) is 11.3.